The summed E-state index contributed by atoms with van der Waals surface area (Å²) in [5.41, 5.74) is 3.22. The van der Waals surface area contributed by atoms with E-state index in [9.17, 15) is 0 Å². The summed E-state index contributed by atoms with van der Waals surface area (Å²) in [5, 5.41) is 2.96. The summed E-state index contributed by atoms with van der Waals surface area (Å²) >= 11 is 0. The van der Waals surface area contributed by atoms with Crippen LogP contribution in [-0.4, -0.2) is 7.05 Å². The minimum absolute atomic E-state index is 0.804. The molecule has 0 saturated heterocycles. The Balaban J connectivity index is 2.81. The lowest BCUT2D eigenvalue weighted by atomic mass is 10.1. The fraction of sp³-hybridized carbons (Fsp3) is 0.250. The second kappa shape index (κ2) is 6.70. The summed E-state index contributed by atoms with van der Waals surface area (Å²) < 4.78 is 5.85. The standard InChI is InChI=1S/C16H21NO/c1-6-15(9-8-14(4)17-5)18-16-10-7-12(2)11-13(16)3/h6-11,17H,4H2,1-3,5H3/b9-8-,15-6+. The van der Waals surface area contributed by atoms with E-state index in [0.29, 0.717) is 0 Å². The lowest BCUT2D eigenvalue weighted by molar-refractivity contribution is 0.440. The maximum atomic E-state index is 5.85. The van der Waals surface area contributed by atoms with E-state index in [2.05, 4.69) is 24.9 Å². The van der Waals surface area contributed by atoms with Crippen molar-refractivity contribution < 1.29 is 4.74 Å². The second-order valence-corrected chi connectivity index (χ2v) is 4.17. The van der Waals surface area contributed by atoms with Crippen molar-refractivity contribution in [2.45, 2.75) is 20.8 Å². The molecule has 1 N–H and O–H groups in total. The zero-order valence-electron chi connectivity index (χ0n) is 11.6. The highest BCUT2D eigenvalue weighted by atomic mass is 16.5. The van der Waals surface area contributed by atoms with Crippen molar-refractivity contribution in [3.8, 4) is 5.75 Å². The summed E-state index contributed by atoms with van der Waals surface area (Å²) in [7, 11) is 1.84. The Morgan fingerprint density at radius 3 is 2.56 bits per heavy atom. The largest absolute Gasteiger partial charge is 0.457 e. The molecule has 0 atom stereocenters. The third-order valence-corrected chi connectivity index (χ3v) is 2.61. The van der Waals surface area contributed by atoms with Crippen LogP contribution in [0.25, 0.3) is 0 Å². The van der Waals surface area contributed by atoms with Crippen molar-refractivity contribution in [2.24, 2.45) is 0 Å². The number of hydrogen-bond acceptors (Lipinski definition) is 2. The molecule has 0 bridgehead atoms. The van der Waals surface area contributed by atoms with Gasteiger partial charge < -0.3 is 10.1 Å². The fourth-order valence-electron chi connectivity index (χ4n) is 1.50. The second-order valence-electron chi connectivity index (χ2n) is 4.17. The van der Waals surface area contributed by atoms with E-state index in [-0.39, 0.29) is 0 Å². The van der Waals surface area contributed by atoms with Crippen molar-refractivity contribution in [1.82, 2.24) is 5.32 Å². The molecule has 0 amide bonds. The van der Waals surface area contributed by atoms with Gasteiger partial charge in [-0.05, 0) is 50.6 Å². The predicted molar refractivity (Wildman–Crippen MR) is 77.6 cm³/mol. The smallest absolute Gasteiger partial charge is 0.130 e. The molecule has 0 aliphatic rings. The molecule has 0 radical (unpaired) electrons. The van der Waals surface area contributed by atoms with Crippen molar-refractivity contribution in [3.63, 3.8) is 0 Å². The summed E-state index contributed by atoms with van der Waals surface area (Å²) in [5.74, 6) is 1.69. The molecule has 2 heteroatoms. The van der Waals surface area contributed by atoms with Crippen molar-refractivity contribution in [2.75, 3.05) is 7.05 Å². The Hall–Kier alpha value is -1.96. The van der Waals surface area contributed by atoms with Gasteiger partial charge in [0.15, 0.2) is 0 Å². The minimum Gasteiger partial charge on any atom is -0.457 e. The number of allylic oxidation sites excluding steroid dienone is 3. The van der Waals surface area contributed by atoms with Crippen molar-refractivity contribution >= 4 is 0 Å². The SMILES string of the molecule is C=C(/C=C\C(=C/C)Oc1ccc(C)cc1C)NC. The van der Waals surface area contributed by atoms with E-state index < -0.39 is 0 Å². The van der Waals surface area contributed by atoms with Gasteiger partial charge in [-0.2, -0.15) is 0 Å². The quantitative estimate of drug-likeness (QED) is 0.626. The summed E-state index contributed by atoms with van der Waals surface area (Å²) in [6, 6.07) is 6.15. The molecular formula is C16H21NO. The van der Waals surface area contributed by atoms with E-state index in [1.54, 1.807) is 0 Å². The highest BCUT2D eigenvalue weighted by molar-refractivity contribution is 5.38. The number of rotatable bonds is 5. The highest BCUT2D eigenvalue weighted by Crippen LogP contribution is 2.21. The van der Waals surface area contributed by atoms with Crippen LogP contribution in [0.5, 0.6) is 5.75 Å². The molecule has 96 valence electrons. The van der Waals surface area contributed by atoms with Crippen LogP contribution in [0.1, 0.15) is 18.1 Å². The molecule has 0 saturated carbocycles. The fourth-order valence-corrected chi connectivity index (χ4v) is 1.50. The van der Waals surface area contributed by atoms with E-state index in [0.717, 1.165) is 22.8 Å². The van der Waals surface area contributed by atoms with E-state index >= 15 is 0 Å². The van der Waals surface area contributed by atoms with Gasteiger partial charge in [0.1, 0.15) is 11.5 Å². The van der Waals surface area contributed by atoms with Gasteiger partial charge in [0.2, 0.25) is 0 Å². The van der Waals surface area contributed by atoms with Crippen LogP contribution < -0.4 is 10.1 Å². The van der Waals surface area contributed by atoms with Crippen LogP contribution in [0.2, 0.25) is 0 Å². The van der Waals surface area contributed by atoms with Crippen LogP contribution in [-0.2, 0) is 0 Å². The van der Waals surface area contributed by atoms with Gasteiger partial charge in [0.25, 0.3) is 0 Å². The molecule has 0 aliphatic heterocycles. The molecule has 0 heterocycles. The van der Waals surface area contributed by atoms with E-state index in [1.807, 2.05) is 51.3 Å². The van der Waals surface area contributed by atoms with Crippen LogP contribution in [0.3, 0.4) is 0 Å². The molecule has 0 fully saturated rings. The summed E-state index contributed by atoms with van der Waals surface area (Å²) in [4.78, 5) is 0. The molecule has 1 aromatic rings. The van der Waals surface area contributed by atoms with E-state index in [1.165, 1.54) is 5.56 Å². The first-order valence-electron chi connectivity index (χ1n) is 6.03. The number of hydrogen-bond donors (Lipinski definition) is 1. The molecule has 0 aromatic heterocycles. The Morgan fingerprint density at radius 2 is 2.00 bits per heavy atom. The van der Waals surface area contributed by atoms with Crippen LogP contribution >= 0.6 is 0 Å². The molecule has 0 unspecified atom stereocenters. The maximum absolute atomic E-state index is 5.85. The Morgan fingerprint density at radius 1 is 1.28 bits per heavy atom. The Bertz CT molecular complexity index is 484. The molecule has 0 spiro atoms. The van der Waals surface area contributed by atoms with E-state index in [4.69, 9.17) is 4.74 Å². The topological polar surface area (TPSA) is 21.3 Å². The molecule has 0 aliphatic carbocycles. The van der Waals surface area contributed by atoms with Crippen molar-refractivity contribution in [3.05, 3.63) is 65.6 Å². The molecule has 1 rings (SSSR count). The Kier molecular flexibility index (Phi) is 5.25. The van der Waals surface area contributed by atoms with Gasteiger partial charge in [-0.3, -0.25) is 0 Å². The molecular weight excluding hydrogens is 222 g/mol. The molecule has 2 nitrogen and oxygen atoms in total. The monoisotopic (exact) mass is 243 g/mol. The zero-order valence-corrected chi connectivity index (χ0v) is 11.6. The average molecular weight is 243 g/mol. The van der Waals surface area contributed by atoms with Gasteiger partial charge in [0, 0.05) is 12.7 Å². The maximum Gasteiger partial charge on any atom is 0.130 e. The minimum atomic E-state index is 0.804. The van der Waals surface area contributed by atoms with Crippen LogP contribution in [0.4, 0.5) is 0 Å². The predicted octanol–water partition coefficient (Wildman–Crippen LogP) is 3.88. The van der Waals surface area contributed by atoms with Gasteiger partial charge in [0.05, 0.1) is 0 Å². The highest BCUT2D eigenvalue weighted by Gasteiger charge is 2.01. The first kappa shape index (κ1) is 14.1. The van der Waals surface area contributed by atoms with Gasteiger partial charge in [-0.25, -0.2) is 0 Å². The summed E-state index contributed by atoms with van der Waals surface area (Å²) in [6.07, 6.45) is 5.72. The number of aryl methyl sites for hydroxylation is 2. The number of benzene rings is 1. The lowest BCUT2D eigenvalue weighted by Gasteiger charge is -2.10. The number of likely N-dealkylation sites (N-methyl/N-ethyl adjacent to an activating group) is 1. The lowest BCUT2D eigenvalue weighted by Crippen LogP contribution is -2.01. The first-order chi connectivity index (χ1) is 8.56. The molecule has 1 aromatic carbocycles. The Labute approximate surface area is 110 Å². The summed E-state index contributed by atoms with van der Waals surface area (Å²) in [6.45, 7) is 9.91. The van der Waals surface area contributed by atoms with Crippen molar-refractivity contribution in [1.29, 1.82) is 0 Å². The van der Waals surface area contributed by atoms with Gasteiger partial charge in [-0.1, -0.05) is 24.3 Å². The van der Waals surface area contributed by atoms with Crippen LogP contribution in [0, 0.1) is 13.8 Å². The number of nitrogens with one attached hydrogen (secondary N) is 1. The third-order valence-electron chi connectivity index (χ3n) is 2.61. The van der Waals surface area contributed by atoms with Gasteiger partial charge >= 0.3 is 0 Å². The average Bonchev–Trinajstić information content (AvgIpc) is 2.36. The third kappa shape index (κ3) is 4.13. The zero-order chi connectivity index (χ0) is 13.5. The first-order valence-corrected chi connectivity index (χ1v) is 6.03. The molecule has 18 heavy (non-hydrogen) atoms. The number of ether oxygens (including phenoxy) is 1. The normalized spacial score (nSPS) is 11.7. The van der Waals surface area contributed by atoms with Crippen LogP contribution in [0.15, 0.2) is 54.5 Å². The van der Waals surface area contributed by atoms with Gasteiger partial charge in [-0.15, -0.1) is 0 Å².